The summed E-state index contributed by atoms with van der Waals surface area (Å²) in [4.78, 5) is 2.49. The Balaban J connectivity index is 1.90. The Morgan fingerprint density at radius 1 is 1.40 bits per heavy atom. The van der Waals surface area contributed by atoms with E-state index >= 15 is 0 Å². The second-order valence-corrected chi connectivity index (χ2v) is 3.90. The van der Waals surface area contributed by atoms with Crippen LogP contribution in [0, 0.1) is 0 Å². The van der Waals surface area contributed by atoms with E-state index in [1.165, 1.54) is 32.2 Å². The lowest BCUT2D eigenvalue weighted by atomic mass is 10.3. The molecule has 60 valence electrons. The molecule has 0 radical (unpaired) electrons. The molecule has 0 heterocycles. The van der Waals surface area contributed by atoms with Gasteiger partial charge in [-0.15, -0.1) is 0 Å². The average Bonchev–Trinajstić information content (AvgIpc) is 2.69. The standard InChI is InChI=1S/C8H16BrN/c1-10(8-4-5-8)7-3-2-6-9/h8H,2-7H2,1H3. The van der Waals surface area contributed by atoms with Gasteiger partial charge in [0.2, 0.25) is 0 Å². The molecule has 0 spiro atoms. The van der Waals surface area contributed by atoms with Crippen molar-refractivity contribution >= 4 is 15.9 Å². The van der Waals surface area contributed by atoms with Crippen LogP contribution in [0.5, 0.6) is 0 Å². The molecule has 10 heavy (non-hydrogen) atoms. The summed E-state index contributed by atoms with van der Waals surface area (Å²) in [6.45, 7) is 1.29. The molecule has 0 aromatic rings. The maximum absolute atomic E-state index is 3.43. The van der Waals surface area contributed by atoms with Gasteiger partial charge in [0.25, 0.3) is 0 Å². The Hall–Kier alpha value is 0.440. The minimum absolute atomic E-state index is 0.940. The molecule has 1 aliphatic rings. The SMILES string of the molecule is CN(CCCCBr)C1CC1. The van der Waals surface area contributed by atoms with Gasteiger partial charge in [-0.2, -0.15) is 0 Å². The van der Waals surface area contributed by atoms with E-state index in [0.29, 0.717) is 0 Å². The molecule has 0 amide bonds. The largest absolute Gasteiger partial charge is 0.303 e. The zero-order valence-corrected chi connectivity index (χ0v) is 8.23. The lowest BCUT2D eigenvalue weighted by molar-refractivity contribution is 0.319. The van der Waals surface area contributed by atoms with E-state index < -0.39 is 0 Å². The molecule has 2 heteroatoms. The van der Waals surface area contributed by atoms with Crippen LogP contribution < -0.4 is 0 Å². The van der Waals surface area contributed by atoms with Crippen molar-refractivity contribution < 1.29 is 0 Å². The monoisotopic (exact) mass is 205 g/mol. The van der Waals surface area contributed by atoms with Crippen molar-refractivity contribution in [2.24, 2.45) is 0 Å². The molecular formula is C8H16BrN. The summed E-state index contributed by atoms with van der Waals surface area (Å²) in [5.41, 5.74) is 0. The Bertz CT molecular complexity index is 91.3. The first-order valence-electron chi connectivity index (χ1n) is 4.11. The van der Waals surface area contributed by atoms with Crippen molar-refractivity contribution in [1.82, 2.24) is 4.90 Å². The molecule has 0 aromatic carbocycles. The van der Waals surface area contributed by atoms with Crippen LogP contribution in [-0.2, 0) is 0 Å². The van der Waals surface area contributed by atoms with Gasteiger partial charge in [-0.25, -0.2) is 0 Å². The highest BCUT2D eigenvalue weighted by molar-refractivity contribution is 9.09. The van der Waals surface area contributed by atoms with Crippen LogP contribution in [0.4, 0.5) is 0 Å². The molecule has 1 fully saturated rings. The lowest BCUT2D eigenvalue weighted by Crippen LogP contribution is -2.21. The van der Waals surface area contributed by atoms with Crippen LogP contribution in [0.15, 0.2) is 0 Å². The van der Waals surface area contributed by atoms with Crippen molar-refractivity contribution in [2.75, 3.05) is 18.9 Å². The first kappa shape index (κ1) is 8.54. The van der Waals surface area contributed by atoms with Gasteiger partial charge in [-0.3, -0.25) is 0 Å². The third kappa shape index (κ3) is 3.02. The fraction of sp³-hybridized carbons (Fsp3) is 1.00. The summed E-state index contributed by atoms with van der Waals surface area (Å²) >= 11 is 3.43. The normalized spacial score (nSPS) is 18.3. The average molecular weight is 206 g/mol. The first-order chi connectivity index (χ1) is 4.84. The van der Waals surface area contributed by atoms with Gasteiger partial charge in [-0.1, -0.05) is 15.9 Å². The van der Waals surface area contributed by atoms with E-state index in [4.69, 9.17) is 0 Å². The van der Waals surface area contributed by atoms with E-state index in [9.17, 15) is 0 Å². The van der Waals surface area contributed by atoms with Crippen molar-refractivity contribution in [2.45, 2.75) is 31.7 Å². The van der Waals surface area contributed by atoms with Gasteiger partial charge in [0.15, 0.2) is 0 Å². The number of nitrogens with zero attached hydrogens (tertiary/aromatic N) is 1. The number of hydrogen-bond donors (Lipinski definition) is 0. The fourth-order valence-corrected chi connectivity index (χ4v) is 1.55. The van der Waals surface area contributed by atoms with Crippen molar-refractivity contribution in [3.63, 3.8) is 0 Å². The van der Waals surface area contributed by atoms with Crippen LogP contribution in [0.25, 0.3) is 0 Å². The van der Waals surface area contributed by atoms with Crippen molar-refractivity contribution in [3.8, 4) is 0 Å². The summed E-state index contributed by atoms with van der Waals surface area (Å²) in [5, 5.41) is 1.16. The Morgan fingerprint density at radius 3 is 2.60 bits per heavy atom. The van der Waals surface area contributed by atoms with E-state index in [-0.39, 0.29) is 0 Å². The molecular weight excluding hydrogens is 190 g/mol. The summed E-state index contributed by atoms with van der Waals surface area (Å²) < 4.78 is 0. The Labute approximate surface area is 71.9 Å². The second kappa shape index (κ2) is 4.35. The van der Waals surface area contributed by atoms with Gasteiger partial charge in [0, 0.05) is 11.4 Å². The number of hydrogen-bond acceptors (Lipinski definition) is 1. The van der Waals surface area contributed by atoms with Crippen molar-refractivity contribution in [3.05, 3.63) is 0 Å². The second-order valence-electron chi connectivity index (χ2n) is 3.11. The molecule has 0 N–H and O–H groups in total. The van der Waals surface area contributed by atoms with Gasteiger partial charge in [0.05, 0.1) is 0 Å². The molecule has 1 saturated carbocycles. The van der Waals surface area contributed by atoms with Crippen molar-refractivity contribution in [1.29, 1.82) is 0 Å². The maximum Gasteiger partial charge on any atom is 0.00933 e. The molecule has 1 aliphatic carbocycles. The zero-order valence-electron chi connectivity index (χ0n) is 6.65. The highest BCUT2D eigenvalue weighted by atomic mass is 79.9. The number of halogens is 1. The number of unbranched alkanes of at least 4 members (excludes halogenated alkanes) is 1. The minimum Gasteiger partial charge on any atom is -0.303 e. The predicted octanol–water partition coefficient (Wildman–Crippen LogP) is 2.26. The highest BCUT2D eigenvalue weighted by Gasteiger charge is 2.25. The van der Waals surface area contributed by atoms with E-state index in [1.54, 1.807) is 0 Å². The molecule has 0 unspecified atom stereocenters. The quantitative estimate of drug-likeness (QED) is 0.492. The fourth-order valence-electron chi connectivity index (χ4n) is 1.15. The third-order valence-electron chi connectivity index (χ3n) is 2.06. The summed E-state index contributed by atoms with van der Waals surface area (Å²) in [5.74, 6) is 0. The van der Waals surface area contributed by atoms with Crippen LogP contribution >= 0.6 is 15.9 Å². The molecule has 0 bridgehead atoms. The first-order valence-corrected chi connectivity index (χ1v) is 5.23. The van der Waals surface area contributed by atoms with E-state index in [0.717, 1.165) is 11.4 Å². The highest BCUT2D eigenvalue weighted by Crippen LogP contribution is 2.25. The molecule has 0 aliphatic heterocycles. The maximum atomic E-state index is 3.43. The summed E-state index contributed by atoms with van der Waals surface area (Å²) in [6, 6.07) is 0.940. The number of rotatable bonds is 5. The predicted molar refractivity (Wildman–Crippen MR) is 48.7 cm³/mol. The summed E-state index contributed by atoms with van der Waals surface area (Å²) in [7, 11) is 2.24. The van der Waals surface area contributed by atoms with Gasteiger partial charge in [0.1, 0.15) is 0 Å². The lowest BCUT2D eigenvalue weighted by Gasteiger charge is -2.14. The minimum atomic E-state index is 0.940. The molecule has 1 nitrogen and oxygen atoms in total. The number of alkyl halides is 1. The van der Waals surface area contributed by atoms with Gasteiger partial charge < -0.3 is 4.90 Å². The Morgan fingerprint density at radius 2 is 2.10 bits per heavy atom. The molecule has 0 aromatic heterocycles. The van der Waals surface area contributed by atoms with Gasteiger partial charge >= 0.3 is 0 Å². The van der Waals surface area contributed by atoms with Crippen LogP contribution in [0.2, 0.25) is 0 Å². The third-order valence-corrected chi connectivity index (χ3v) is 2.63. The van der Waals surface area contributed by atoms with E-state index in [2.05, 4.69) is 27.9 Å². The van der Waals surface area contributed by atoms with E-state index in [1.807, 2.05) is 0 Å². The zero-order chi connectivity index (χ0) is 7.40. The molecule has 0 saturated heterocycles. The Kier molecular flexibility index (Phi) is 3.71. The summed E-state index contributed by atoms with van der Waals surface area (Å²) in [6.07, 6.45) is 5.53. The van der Waals surface area contributed by atoms with Gasteiger partial charge in [-0.05, 0) is 39.3 Å². The van der Waals surface area contributed by atoms with Crippen LogP contribution in [0.1, 0.15) is 25.7 Å². The molecule has 0 atom stereocenters. The topological polar surface area (TPSA) is 3.24 Å². The molecule has 1 rings (SSSR count). The van der Waals surface area contributed by atoms with Crippen LogP contribution in [-0.4, -0.2) is 29.9 Å². The van der Waals surface area contributed by atoms with Crippen LogP contribution in [0.3, 0.4) is 0 Å². The smallest absolute Gasteiger partial charge is 0.00933 e.